The van der Waals surface area contributed by atoms with Crippen LogP contribution in [0.4, 0.5) is 0 Å². The zero-order valence-electron chi connectivity index (χ0n) is 11.0. The Balaban J connectivity index is 2.13. The SMILES string of the molecule is CSCCCCCn1c(CCl)nc2ccc(Br)cc21. The van der Waals surface area contributed by atoms with Crippen molar-refractivity contribution in [3.8, 4) is 0 Å². The van der Waals surface area contributed by atoms with Gasteiger partial charge in [0.1, 0.15) is 5.82 Å². The summed E-state index contributed by atoms with van der Waals surface area (Å²) >= 11 is 11.4. The van der Waals surface area contributed by atoms with Gasteiger partial charge in [0.15, 0.2) is 0 Å². The quantitative estimate of drug-likeness (QED) is 0.506. The lowest BCUT2D eigenvalue weighted by Crippen LogP contribution is -2.02. The van der Waals surface area contributed by atoms with Gasteiger partial charge >= 0.3 is 0 Å². The van der Waals surface area contributed by atoms with Crippen molar-refractivity contribution in [2.24, 2.45) is 0 Å². The molecule has 104 valence electrons. The number of benzene rings is 1. The van der Waals surface area contributed by atoms with E-state index in [0.29, 0.717) is 5.88 Å². The molecule has 0 radical (unpaired) electrons. The van der Waals surface area contributed by atoms with E-state index in [1.165, 1.54) is 30.5 Å². The number of aryl methyl sites for hydroxylation is 1. The van der Waals surface area contributed by atoms with Crippen LogP contribution in [0.1, 0.15) is 25.1 Å². The minimum absolute atomic E-state index is 0.469. The van der Waals surface area contributed by atoms with Crippen LogP contribution < -0.4 is 0 Å². The first-order chi connectivity index (χ1) is 9.26. The molecule has 5 heteroatoms. The van der Waals surface area contributed by atoms with E-state index in [9.17, 15) is 0 Å². The summed E-state index contributed by atoms with van der Waals surface area (Å²) < 4.78 is 3.34. The van der Waals surface area contributed by atoms with Crippen LogP contribution in [0, 0.1) is 0 Å². The summed E-state index contributed by atoms with van der Waals surface area (Å²) in [5, 5.41) is 0. The lowest BCUT2D eigenvalue weighted by Gasteiger charge is -2.07. The van der Waals surface area contributed by atoms with Gasteiger partial charge in [0.25, 0.3) is 0 Å². The molecule has 1 aromatic heterocycles. The van der Waals surface area contributed by atoms with Gasteiger partial charge in [-0.15, -0.1) is 11.6 Å². The maximum atomic E-state index is 6.01. The molecule has 2 nitrogen and oxygen atoms in total. The molecule has 0 N–H and O–H groups in total. The molecule has 2 rings (SSSR count). The van der Waals surface area contributed by atoms with Crippen LogP contribution in [-0.4, -0.2) is 21.6 Å². The first-order valence-electron chi connectivity index (χ1n) is 6.46. The van der Waals surface area contributed by atoms with Crippen LogP contribution in [-0.2, 0) is 12.4 Å². The molecule has 0 atom stereocenters. The molecular formula is C14H18BrClN2S. The summed E-state index contributed by atoms with van der Waals surface area (Å²) in [6.07, 6.45) is 5.89. The minimum atomic E-state index is 0.469. The van der Waals surface area contributed by atoms with E-state index in [-0.39, 0.29) is 0 Å². The van der Waals surface area contributed by atoms with Gasteiger partial charge in [-0.1, -0.05) is 22.4 Å². The number of imidazole rings is 1. The highest BCUT2D eigenvalue weighted by atomic mass is 79.9. The molecule has 0 aliphatic heterocycles. The van der Waals surface area contributed by atoms with Crippen molar-refractivity contribution in [3.05, 3.63) is 28.5 Å². The second kappa shape index (κ2) is 7.55. The van der Waals surface area contributed by atoms with Crippen LogP contribution in [0.3, 0.4) is 0 Å². The third-order valence-electron chi connectivity index (χ3n) is 3.14. The molecule has 19 heavy (non-hydrogen) atoms. The summed E-state index contributed by atoms with van der Waals surface area (Å²) in [5.74, 6) is 2.69. The predicted molar refractivity (Wildman–Crippen MR) is 89.2 cm³/mol. The standard InChI is InChI=1S/C14H18BrClN2S/c1-19-8-4-2-3-7-18-13-9-11(15)5-6-12(13)17-14(18)10-16/h5-6,9H,2-4,7-8,10H2,1H3. The molecule has 1 heterocycles. The minimum Gasteiger partial charge on any atom is -0.327 e. The number of rotatable bonds is 7. The van der Waals surface area contributed by atoms with Crippen LogP contribution in [0.25, 0.3) is 11.0 Å². The number of thioether (sulfide) groups is 1. The van der Waals surface area contributed by atoms with Crippen LogP contribution in [0.5, 0.6) is 0 Å². The maximum Gasteiger partial charge on any atom is 0.124 e. The van der Waals surface area contributed by atoms with Gasteiger partial charge in [0, 0.05) is 11.0 Å². The molecule has 0 bridgehead atoms. The number of aromatic nitrogens is 2. The summed E-state index contributed by atoms with van der Waals surface area (Å²) in [7, 11) is 0. The number of hydrogen-bond donors (Lipinski definition) is 0. The second-order valence-electron chi connectivity index (χ2n) is 4.50. The largest absolute Gasteiger partial charge is 0.327 e. The van der Waals surface area contributed by atoms with Gasteiger partial charge < -0.3 is 4.57 Å². The third kappa shape index (κ3) is 3.89. The molecular weight excluding hydrogens is 344 g/mol. The Kier molecular flexibility index (Phi) is 6.05. The van der Waals surface area contributed by atoms with E-state index in [2.05, 4.69) is 37.8 Å². The van der Waals surface area contributed by atoms with E-state index < -0.39 is 0 Å². The van der Waals surface area contributed by atoms with Crippen LogP contribution >= 0.6 is 39.3 Å². The van der Waals surface area contributed by atoms with Crippen molar-refractivity contribution in [2.75, 3.05) is 12.0 Å². The topological polar surface area (TPSA) is 17.8 Å². The van der Waals surface area contributed by atoms with Crippen molar-refractivity contribution in [1.82, 2.24) is 9.55 Å². The summed E-state index contributed by atoms with van der Waals surface area (Å²) in [6, 6.07) is 6.19. The fourth-order valence-corrected chi connectivity index (χ4v) is 3.24. The predicted octanol–water partition coefficient (Wildman–Crippen LogP) is 5.07. The maximum absolute atomic E-state index is 6.01. The van der Waals surface area contributed by atoms with E-state index in [1.807, 2.05) is 23.9 Å². The summed E-state index contributed by atoms with van der Waals surface area (Å²) in [4.78, 5) is 4.59. The normalized spacial score (nSPS) is 11.3. The Bertz CT molecular complexity index is 541. The molecule has 0 aliphatic carbocycles. The van der Waals surface area contributed by atoms with E-state index in [1.54, 1.807) is 0 Å². The Hall–Kier alpha value is -0.190. The van der Waals surface area contributed by atoms with Gasteiger partial charge in [0.2, 0.25) is 0 Å². The van der Waals surface area contributed by atoms with E-state index >= 15 is 0 Å². The molecule has 0 saturated heterocycles. The van der Waals surface area contributed by atoms with Gasteiger partial charge in [0.05, 0.1) is 16.9 Å². The zero-order valence-corrected chi connectivity index (χ0v) is 14.2. The Morgan fingerprint density at radius 2 is 2.16 bits per heavy atom. The van der Waals surface area contributed by atoms with Gasteiger partial charge in [-0.25, -0.2) is 4.98 Å². The smallest absolute Gasteiger partial charge is 0.124 e. The number of fused-ring (bicyclic) bond motifs is 1. The molecule has 0 unspecified atom stereocenters. The molecule has 0 saturated carbocycles. The molecule has 0 aliphatic rings. The van der Waals surface area contributed by atoms with Gasteiger partial charge in [-0.2, -0.15) is 11.8 Å². The second-order valence-corrected chi connectivity index (χ2v) is 6.67. The number of halogens is 2. The lowest BCUT2D eigenvalue weighted by molar-refractivity contribution is 0.602. The van der Waals surface area contributed by atoms with E-state index in [4.69, 9.17) is 11.6 Å². The average Bonchev–Trinajstić information content (AvgIpc) is 2.76. The first kappa shape index (κ1) is 15.2. The molecule has 2 aromatic rings. The summed E-state index contributed by atoms with van der Waals surface area (Å²) in [6.45, 7) is 1.00. The number of nitrogens with zero attached hydrogens (tertiary/aromatic N) is 2. The Morgan fingerprint density at radius 3 is 2.89 bits per heavy atom. The zero-order chi connectivity index (χ0) is 13.7. The van der Waals surface area contributed by atoms with Crippen molar-refractivity contribution >= 4 is 50.3 Å². The van der Waals surface area contributed by atoms with Crippen molar-refractivity contribution in [1.29, 1.82) is 0 Å². The lowest BCUT2D eigenvalue weighted by atomic mass is 10.2. The van der Waals surface area contributed by atoms with Crippen LogP contribution in [0.2, 0.25) is 0 Å². The highest BCUT2D eigenvalue weighted by molar-refractivity contribution is 9.10. The highest BCUT2D eigenvalue weighted by Crippen LogP contribution is 2.22. The van der Waals surface area contributed by atoms with Gasteiger partial charge in [-0.05, 0) is 43.0 Å². The Morgan fingerprint density at radius 1 is 1.32 bits per heavy atom. The fraction of sp³-hybridized carbons (Fsp3) is 0.500. The first-order valence-corrected chi connectivity index (χ1v) is 9.18. The Labute approximate surface area is 132 Å². The van der Waals surface area contributed by atoms with E-state index in [0.717, 1.165) is 22.4 Å². The number of unbranched alkanes of at least 4 members (excludes halogenated alkanes) is 2. The number of hydrogen-bond acceptors (Lipinski definition) is 2. The monoisotopic (exact) mass is 360 g/mol. The molecule has 0 spiro atoms. The van der Waals surface area contributed by atoms with Crippen molar-refractivity contribution in [3.63, 3.8) is 0 Å². The number of alkyl halides is 1. The van der Waals surface area contributed by atoms with Crippen LogP contribution in [0.15, 0.2) is 22.7 Å². The van der Waals surface area contributed by atoms with Crippen molar-refractivity contribution < 1.29 is 0 Å². The van der Waals surface area contributed by atoms with Crippen molar-refractivity contribution in [2.45, 2.75) is 31.7 Å². The summed E-state index contributed by atoms with van der Waals surface area (Å²) in [5.41, 5.74) is 2.21. The third-order valence-corrected chi connectivity index (χ3v) is 4.57. The molecule has 0 amide bonds. The molecule has 1 aromatic carbocycles. The highest BCUT2D eigenvalue weighted by Gasteiger charge is 2.09. The average molecular weight is 362 g/mol. The molecule has 0 fully saturated rings. The fourth-order valence-electron chi connectivity index (χ4n) is 2.19. The van der Waals surface area contributed by atoms with Gasteiger partial charge in [-0.3, -0.25) is 0 Å².